The lowest BCUT2D eigenvalue weighted by atomic mass is 9.92. The van der Waals surface area contributed by atoms with Crippen LogP contribution in [0.2, 0.25) is 0 Å². The van der Waals surface area contributed by atoms with Gasteiger partial charge in [0.25, 0.3) is 5.91 Å². The van der Waals surface area contributed by atoms with Gasteiger partial charge in [-0.1, -0.05) is 30.3 Å². The summed E-state index contributed by atoms with van der Waals surface area (Å²) in [6, 6.07) is 11.5. The van der Waals surface area contributed by atoms with Gasteiger partial charge in [0, 0.05) is 0 Å². The molecule has 0 radical (unpaired) electrons. The van der Waals surface area contributed by atoms with Crippen LogP contribution >= 0.6 is 0 Å². The van der Waals surface area contributed by atoms with Gasteiger partial charge >= 0.3 is 5.97 Å². The van der Waals surface area contributed by atoms with Crippen molar-refractivity contribution in [3.05, 3.63) is 59.5 Å². The van der Waals surface area contributed by atoms with Gasteiger partial charge < -0.3 is 20.6 Å². The summed E-state index contributed by atoms with van der Waals surface area (Å²) in [5.41, 5.74) is 4.33. The van der Waals surface area contributed by atoms with Crippen LogP contribution in [0.4, 0.5) is 0 Å². The molecule has 6 nitrogen and oxygen atoms in total. The van der Waals surface area contributed by atoms with Gasteiger partial charge in [-0.3, -0.25) is 4.79 Å². The van der Waals surface area contributed by atoms with Crippen molar-refractivity contribution in [2.75, 3.05) is 0 Å². The summed E-state index contributed by atoms with van der Waals surface area (Å²) in [5.74, 6) is -1.29. The van der Waals surface area contributed by atoms with Crippen LogP contribution in [0.5, 0.6) is 0 Å². The third-order valence-corrected chi connectivity index (χ3v) is 3.23. The fourth-order valence-electron chi connectivity index (χ4n) is 1.92. The van der Waals surface area contributed by atoms with E-state index in [4.69, 9.17) is 10.2 Å². The second-order valence-corrected chi connectivity index (χ2v) is 4.72. The summed E-state index contributed by atoms with van der Waals surface area (Å²) >= 11 is 0. The van der Waals surface area contributed by atoms with E-state index in [1.165, 1.54) is 13.0 Å². The first-order chi connectivity index (χ1) is 9.97. The van der Waals surface area contributed by atoms with Crippen LogP contribution in [-0.4, -0.2) is 17.0 Å². The number of hydrogen-bond donors (Lipinski definition) is 3. The minimum atomic E-state index is -1.55. The summed E-state index contributed by atoms with van der Waals surface area (Å²) < 4.78 is 5.23. The van der Waals surface area contributed by atoms with Crippen LogP contribution in [0.3, 0.4) is 0 Å². The van der Waals surface area contributed by atoms with Crippen molar-refractivity contribution in [1.82, 2.24) is 5.32 Å². The number of carboxylic acids is 1. The van der Waals surface area contributed by atoms with E-state index in [0.717, 1.165) is 0 Å². The maximum absolute atomic E-state index is 12.2. The van der Waals surface area contributed by atoms with Gasteiger partial charge in [-0.25, -0.2) is 4.79 Å². The van der Waals surface area contributed by atoms with Crippen molar-refractivity contribution in [2.45, 2.75) is 19.0 Å². The maximum Gasteiger partial charge on any atom is 0.333 e. The lowest BCUT2D eigenvalue weighted by Gasteiger charge is -2.26. The van der Waals surface area contributed by atoms with E-state index in [-0.39, 0.29) is 12.3 Å². The van der Waals surface area contributed by atoms with Crippen LogP contribution in [0.1, 0.15) is 28.8 Å². The Morgan fingerprint density at radius 1 is 1.24 bits per heavy atom. The highest BCUT2D eigenvalue weighted by Gasteiger charge is 2.37. The zero-order valence-corrected chi connectivity index (χ0v) is 11.5. The zero-order chi connectivity index (χ0) is 15.5. The Labute approximate surface area is 121 Å². The Morgan fingerprint density at radius 2 is 1.90 bits per heavy atom. The topological polar surface area (TPSA) is 106 Å². The number of carbonyl (C=O) groups is 2. The molecule has 0 spiro atoms. The first kappa shape index (κ1) is 14.8. The SMILES string of the molecule is CC(NC(=O)c1ccc(CN)o1)(C(=O)O)c1ccccc1. The molecule has 0 saturated heterocycles. The number of nitrogens with two attached hydrogens (primary N) is 1. The van der Waals surface area contributed by atoms with Crippen molar-refractivity contribution in [3.8, 4) is 0 Å². The third-order valence-electron chi connectivity index (χ3n) is 3.23. The van der Waals surface area contributed by atoms with E-state index in [0.29, 0.717) is 11.3 Å². The molecule has 21 heavy (non-hydrogen) atoms. The van der Waals surface area contributed by atoms with E-state index in [9.17, 15) is 14.7 Å². The van der Waals surface area contributed by atoms with Crippen LogP contribution < -0.4 is 11.1 Å². The minimum absolute atomic E-state index is 0.0267. The number of carboxylic acid groups (broad SMARTS) is 1. The highest BCUT2D eigenvalue weighted by atomic mass is 16.4. The Morgan fingerprint density at radius 3 is 2.43 bits per heavy atom. The van der Waals surface area contributed by atoms with Crippen molar-refractivity contribution in [2.24, 2.45) is 5.73 Å². The van der Waals surface area contributed by atoms with Crippen molar-refractivity contribution in [1.29, 1.82) is 0 Å². The summed E-state index contributed by atoms with van der Waals surface area (Å²) in [7, 11) is 0. The fourth-order valence-corrected chi connectivity index (χ4v) is 1.92. The van der Waals surface area contributed by atoms with Crippen molar-refractivity contribution >= 4 is 11.9 Å². The van der Waals surface area contributed by atoms with Crippen molar-refractivity contribution in [3.63, 3.8) is 0 Å². The van der Waals surface area contributed by atoms with Crippen LogP contribution in [0.15, 0.2) is 46.9 Å². The summed E-state index contributed by atoms with van der Waals surface area (Å²) in [4.78, 5) is 23.7. The third kappa shape index (κ3) is 2.95. The van der Waals surface area contributed by atoms with E-state index in [1.54, 1.807) is 36.4 Å². The van der Waals surface area contributed by atoms with Gasteiger partial charge in [-0.05, 0) is 24.6 Å². The molecule has 0 fully saturated rings. The van der Waals surface area contributed by atoms with Gasteiger partial charge in [0.2, 0.25) is 0 Å². The molecule has 2 aromatic rings. The monoisotopic (exact) mass is 288 g/mol. The van der Waals surface area contributed by atoms with Gasteiger partial charge in [0.1, 0.15) is 5.76 Å². The number of aliphatic carboxylic acids is 1. The number of nitrogens with one attached hydrogen (secondary N) is 1. The summed E-state index contributed by atoms with van der Waals surface area (Å²) in [6.07, 6.45) is 0. The molecule has 2 rings (SSSR count). The molecule has 1 atom stereocenters. The number of amides is 1. The molecule has 0 aliphatic carbocycles. The molecule has 0 saturated carbocycles. The Kier molecular flexibility index (Phi) is 4.09. The average Bonchev–Trinajstić information content (AvgIpc) is 2.97. The van der Waals surface area contributed by atoms with Crippen LogP contribution in [0, 0.1) is 0 Å². The van der Waals surface area contributed by atoms with Gasteiger partial charge in [-0.15, -0.1) is 0 Å². The van der Waals surface area contributed by atoms with E-state index < -0.39 is 17.4 Å². The zero-order valence-electron chi connectivity index (χ0n) is 11.5. The van der Waals surface area contributed by atoms with Crippen LogP contribution in [0.25, 0.3) is 0 Å². The second-order valence-electron chi connectivity index (χ2n) is 4.72. The molecule has 0 aliphatic rings. The first-order valence-corrected chi connectivity index (χ1v) is 6.37. The number of furan rings is 1. The molecule has 0 bridgehead atoms. The van der Waals surface area contributed by atoms with Crippen LogP contribution in [-0.2, 0) is 16.9 Å². The summed E-state index contributed by atoms with van der Waals surface area (Å²) in [5, 5.41) is 12.0. The Hall–Kier alpha value is -2.60. The van der Waals surface area contributed by atoms with Gasteiger partial charge in [-0.2, -0.15) is 0 Å². The predicted molar refractivity (Wildman–Crippen MR) is 75.5 cm³/mol. The number of hydrogen-bond acceptors (Lipinski definition) is 4. The van der Waals surface area contributed by atoms with E-state index in [2.05, 4.69) is 5.32 Å². The van der Waals surface area contributed by atoms with Gasteiger partial charge in [0.15, 0.2) is 11.3 Å². The molecular weight excluding hydrogens is 272 g/mol. The second kappa shape index (κ2) is 5.80. The lowest BCUT2D eigenvalue weighted by molar-refractivity contribution is -0.144. The number of benzene rings is 1. The van der Waals surface area contributed by atoms with Crippen molar-refractivity contribution < 1.29 is 19.1 Å². The average molecular weight is 288 g/mol. The lowest BCUT2D eigenvalue weighted by Crippen LogP contribution is -2.49. The maximum atomic E-state index is 12.2. The minimum Gasteiger partial charge on any atom is -0.479 e. The molecule has 1 aromatic heterocycles. The highest BCUT2D eigenvalue weighted by Crippen LogP contribution is 2.22. The molecule has 1 unspecified atom stereocenters. The summed E-state index contributed by atoms with van der Waals surface area (Å²) in [6.45, 7) is 1.59. The largest absolute Gasteiger partial charge is 0.479 e. The molecular formula is C15H16N2O4. The Bertz CT molecular complexity index is 651. The fraction of sp³-hybridized carbons (Fsp3) is 0.200. The first-order valence-electron chi connectivity index (χ1n) is 6.37. The van der Waals surface area contributed by atoms with E-state index in [1.807, 2.05) is 0 Å². The molecule has 1 heterocycles. The number of rotatable bonds is 5. The predicted octanol–water partition coefficient (Wildman–Crippen LogP) is 1.47. The standard InChI is InChI=1S/C15H16N2O4/c1-15(14(19)20,10-5-3-2-4-6-10)17-13(18)12-8-7-11(9-16)21-12/h2-8H,9,16H2,1H3,(H,17,18)(H,19,20). The highest BCUT2D eigenvalue weighted by molar-refractivity contribution is 5.96. The molecule has 1 amide bonds. The molecule has 110 valence electrons. The number of carbonyl (C=O) groups excluding carboxylic acids is 1. The molecule has 0 aliphatic heterocycles. The molecule has 4 N–H and O–H groups in total. The quantitative estimate of drug-likeness (QED) is 0.772. The molecule has 6 heteroatoms. The van der Waals surface area contributed by atoms with E-state index >= 15 is 0 Å². The normalized spacial score (nSPS) is 13.4. The van der Waals surface area contributed by atoms with Gasteiger partial charge in [0.05, 0.1) is 6.54 Å². The molecule has 1 aromatic carbocycles. The smallest absolute Gasteiger partial charge is 0.333 e. The Balaban J connectivity index is 2.28.